The summed E-state index contributed by atoms with van der Waals surface area (Å²) in [6.45, 7) is 13.0. The third-order valence-electron chi connectivity index (χ3n) is 7.70. The summed E-state index contributed by atoms with van der Waals surface area (Å²) in [7, 11) is 1.48. The van der Waals surface area contributed by atoms with Gasteiger partial charge in [-0.2, -0.15) is 0 Å². The van der Waals surface area contributed by atoms with Gasteiger partial charge >= 0.3 is 12.1 Å². The number of carbonyl (C=O) groups is 3. The van der Waals surface area contributed by atoms with Crippen LogP contribution in [0.15, 0.2) is 54.8 Å². The van der Waals surface area contributed by atoms with Gasteiger partial charge in [0.05, 0.1) is 12.7 Å². The number of anilines is 1. The van der Waals surface area contributed by atoms with Gasteiger partial charge in [0.2, 0.25) is 0 Å². The fraction of sp³-hybridized carbons (Fsp3) is 0.514. The van der Waals surface area contributed by atoms with E-state index in [-0.39, 0.29) is 43.0 Å². The molecule has 0 aliphatic carbocycles. The molecule has 2 aromatic rings. The first-order valence-corrected chi connectivity index (χ1v) is 16.5. The molecule has 4 rings (SSSR count). The number of benzene rings is 1. The van der Waals surface area contributed by atoms with Gasteiger partial charge in [0.1, 0.15) is 40.7 Å². The minimum absolute atomic E-state index is 0.122. The van der Waals surface area contributed by atoms with Crippen molar-refractivity contribution in [2.45, 2.75) is 91.0 Å². The molecule has 0 radical (unpaired) electrons. The molecule has 1 aromatic carbocycles. The summed E-state index contributed by atoms with van der Waals surface area (Å²) in [5.74, 6) is -0.934. The van der Waals surface area contributed by atoms with E-state index in [1.165, 1.54) is 18.1 Å². The molecule has 266 valence electrons. The van der Waals surface area contributed by atoms with Crippen molar-refractivity contribution in [3.8, 4) is 11.5 Å². The van der Waals surface area contributed by atoms with E-state index in [1.807, 2.05) is 13.0 Å². The average Bonchev–Trinajstić information content (AvgIpc) is 3.35. The summed E-state index contributed by atoms with van der Waals surface area (Å²) in [6, 6.07) is 8.64. The molecule has 2 aliphatic rings. The van der Waals surface area contributed by atoms with Gasteiger partial charge in [-0.25, -0.2) is 14.6 Å². The number of ketones is 1. The SMILES string of the molecule is COCOc1cc(OCCCN(C(=O)OC(C)(C)C)c2ccccn2)cc2c1C(=O)OC(C)[C@H](C)/C=C\C(=O)C1OC(C)(C)OC1C/C=C/2. The van der Waals surface area contributed by atoms with Gasteiger partial charge in [-0.15, -0.1) is 0 Å². The maximum absolute atomic E-state index is 13.7. The minimum atomic E-state index is -0.936. The maximum Gasteiger partial charge on any atom is 0.416 e. The molecule has 0 saturated carbocycles. The van der Waals surface area contributed by atoms with E-state index in [4.69, 9.17) is 33.2 Å². The second-order valence-corrected chi connectivity index (χ2v) is 13.4. The fourth-order valence-electron chi connectivity index (χ4n) is 5.23. The van der Waals surface area contributed by atoms with Crippen LogP contribution in [-0.2, 0) is 28.5 Å². The first-order chi connectivity index (χ1) is 23.2. The largest absolute Gasteiger partial charge is 0.493 e. The van der Waals surface area contributed by atoms with Crippen molar-refractivity contribution in [3.63, 3.8) is 0 Å². The van der Waals surface area contributed by atoms with Gasteiger partial charge in [-0.1, -0.05) is 31.2 Å². The molecule has 0 spiro atoms. The highest BCUT2D eigenvalue weighted by molar-refractivity contribution is 5.97. The number of cyclic esters (lactones) is 1. The number of rotatable bonds is 9. The Labute approximate surface area is 288 Å². The van der Waals surface area contributed by atoms with Crippen LogP contribution in [0.5, 0.6) is 11.5 Å². The summed E-state index contributed by atoms with van der Waals surface area (Å²) in [5.41, 5.74) is -0.00598. The first kappa shape index (κ1) is 37.6. The van der Waals surface area contributed by atoms with Crippen LogP contribution < -0.4 is 14.4 Å². The Bertz CT molecular complexity index is 1520. The molecular formula is C37H48N2O10. The van der Waals surface area contributed by atoms with Crippen molar-refractivity contribution in [3.05, 3.63) is 65.9 Å². The van der Waals surface area contributed by atoms with Crippen LogP contribution in [0.4, 0.5) is 10.6 Å². The summed E-state index contributed by atoms with van der Waals surface area (Å²) < 4.78 is 40.7. The highest BCUT2D eigenvalue weighted by Gasteiger charge is 2.43. The Balaban J connectivity index is 1.61. The average molecular weight is 681 g/mol. The van der Waals surface area contributed by atoms with Gasteiger partial charge < -0.3 is 33.2 Å². The molecule has 12 nitrogen and oxygen atoms in total. The number of methoxy groups -OCH3 is 1. The number of fused-ring (bicyclic) bond motifs is 2. The molecule has 3 heterocycles. The Hall–Kier alpha value is -4.26. The van der Waals surface area contributed by atoms with E-state index in [0.29, 0.717) is 30.0 Å². The lowest BCUT2D eigenvalue weighted by Gasteiger charge is -2.26. The first-order valence-electron chi connectivity index (χ1n) is 16.5. The Morgan fingerprint density at radius 3 is 2.55 bits per heavy atom. The minimum Gasteiger partial charge on any atom is -0.493 e. The van der Waals surface area contributed by atoms with E-state index < -0.39 is 41.8 Å². The standard InChI is InChI=1S/C37H48N2O10/c1-24-16-17-28(40)33-29(47-37(6,7)48-33)14-11-13-26-21-27(22-30(45-23-43-8)32(26)34(41)46-25(24)2)44-20-12-19-39(31-15-9-10-18-38-31)35(42)49-36(3,4)5/h9-11,13,15-18,21-22,24-25,29,33H,12,14,19-20,23H2,1-8H3/b13-11+,17-16-/t24-,25?,29?,33?/m1/s1. The zero-order valence-corrected chi connectivity index (χ0v) is 29.6. The van der Waals surface area contributed by atoms with Crippen LogP contribution in [0.1, 0.15) is 77.2 Å². The molecule has 12 heteroatoms. The Morgan fingerprint density at radius 1 is 1.08 bits per heavy atom. The van der Waals surface area contributed by atoms with Crippen LogP contribution >= 0.6 is 0 Å². The second kappa shape index (κ2) is 16.4. The number of carbonyl (C=O) groups excluding carboxylic acids is 3. The molecule has 4 atom stereocenters. The monoisotopic (exact) mass is 680 g/mol. The predicted molar refractivity (Wildman–Crippen MR) is 183 cm³/mol. The van der Waals surface area contributed by atoms with Crippen LogP contribution in [0.3, 0.4) is 0 Å². The van der Waals surface area contributed by atoms with Gasteiger partial charge in [-0.3, -0.25) is 9.69 Å². The molecule has 3 unspecified atom stereocenters. The number of nitrogens with zero attached hydrogens (tertiary/aromatic N) is 2. The van der Waals surface area contributed by atoms with Crippen molar-refractivity contribution in [1.29, 1.82) is 0 Å². The lowest BCUT2D eigenvalue weighted by Crippen LogP contribution is -2.38. The van der Waals surface area contributed by atoms with E-state index in [2.05, 4.69) is 4.98 Å². The smallest absolute Gasteiger partial charge is 0.416 e. The van der Waals surface area contributed by atoms with Crippen molar-refractivity contribution in [1.82, 2.24) is 4.98 Å². The highest BCUT2D eigenvalue weighted by Crippen LogP contribution is 2.34. The van der Waals surface area contributed by atoms with Gasteiger partial charge in [0.25, 0.3) is 0 Å². The number of pyridine rings is 1. The van der Waals surface area contributed by atoms with Crippen molar-refractivity contribution < 1.29 is 47.5 Å². The third-order valence-corrected chi connectivity index (χ3v) is 7.70. The number of hydrogen-bond donors (Lipinski definition) is 0. The Morgan fingerprint density at radius 2 is 1.86 bits per heavy atom. The topological polar surface area (TPSA) is 132 Å². The van der Waals surface area contributed by atoms with Crippen molar-refractivity contribution >= 4 is 29.7 Å². The van der Waals surface area contributed by atoms with E-state index in [9.17, 15) is 14.4 Å². The number of esters is 1. The molecule has 1 aromatic heterocycles. The van der Waals surface area contributed by atoms with Crippen LogP contribution in [0, 0.1) is 5.92 Å². The molecule has 2 aliphatic heterocycles. The molecule has 49 heavy (non-hydrogen) atoms. The number of ether oxygens (including phenoxy) is 7. The van der Waals surface area contributed by atoms with E-state index >= 15 is 0 Å². The van der Waals surface area contributed by atoms with Gasteiger partial charge in [0, 0.05) is 31.8 Å². The predicted octanol–water partition coefficient (Wildman–Crippen LogP) is 6.52. The molecular weight excluding hydrogens is 632 g/mol. The summed E-state index contributed by atoms with van der Waals surface area (Å²) in [4.78, 5) is 45.6. The Kier molecular flexibility index (Phi) is 12.6. The summed E-state index contributed by atoms with van der Waals surface area (Å²) >= 11 is 0. The summed E-state index contributed by atoms with van der Waals surface area (Å²) in [5, 5.41) is 0. The van der Waals surface area contributed by atoms with Gasteiger partial charge in [-0.05, 0) is 84.2 Å². The molecule has 0 N–H and O–H groups in total. The number of amides is 1. The van der Waals surface area contributed by atoms with Crippen molar-refractivity contribution in [2.24, 2.45) is 5.92 Å². The van der Waals surface area contributed by atoms with Crippen LogP contribution in [0.25, 0.3) is 6.08 Å². The van der Waals surface area contributed by atoms with E-state index in [1.54, 1.807) is 90.2 Å². The maximum atomic E-state index is 13.7. The lowest BCUT2D eigenvalue weighted by atomic mass is 9.99. The number of hydrogen-bond acceptors (Lipinski definition) is 11. The van der Waals surface area contributed by atoms with Gasteiger partial charge in [0.15, 0.2) is 18.4 Å². The van der Waals surface area contributed by atoms with Crippen LogP contribution in [-0.4, -0.2) is 79.6 Å². The third kappa shape index (κ3) is 10.6. The molecule has 1 saturated heterocycles. The molecule has 1 fully saturated rings. The molecule has 1 amide bonds. The lowest BCUT2D eigenvalue weighted by molar-refractivity contribution is -0.152. The second-order valence-electron chi connectivity index (χ2n) is 13.4. The zero-order valence-electron chi connectivity index (χ0n) is 29.6. The van der Waals surface area contributed by atoms with Crippen LogP contribution in [0.2, 0.25) is 0 Å². The fourth-order valence-corrected chi connectivity index (χ4v) is 5.23. The highest BCUT2D eigenvalue weighted by atomic mass is 16.8. The van der Waals surface area contributed by atoms with Crippen molar-refractivity contribution in [2.75, 3.05) is 32.0 Å². The van der Waals surface area contributed by atoms with E-state index in [0.717, 1.165) is 0 Å². The number of aromatic nitrogens is 1. The quantitative estimate of drug-likeness (QED) is 0.163. The molecule has 0 bridgehead atoms. The zero-order chi connectivity index (χ0) is 35.8. The normalized spacial score (nSPS) is 23.7. The summed E-state index contributed by atoms with van der Waals surface area (Å²) in [6.07, 6.45) is 6.73.